The van der Waals surface area contributed by atoms with E-state index in [1.165, 1.54) is 6.07 Å². The van der Waals surface area contributed by atoms with Gasteiger partial charge in [0.05, 0.1) is 12.2 Å². The number of halogens is 3. The van der Waals surface area contributed by atoms with Crippen LogP contribution in [0.15, 0.2) is 48.5 Å². The molecule has 1 aliphatic heterocycles. The normalized spacial score (nSPS) is 17.2. The van der Waals surface area contributed by atoms with Gasteiger partial charge in [0.1, 0.15) is 5.75 Å². The number of hydrogen-bond donors (Lipinski definition) is 1. The predicted molar refractivity (Wildman–Crippen MR) is 74.6 cm³/mol. The molecule has 0 bridgehead atoms. The molecule has 0 radical (unpaired) electrons. The molecule has 0 amide bonds. The molecule has 1 aliphatic rings. The van der Waals surface area contributed by atoms with Gasteiger partial charge < -0.3 is 10.1 Å². The molecule has 3 rings (SSSR count). The molecule has 0 saturated carbocycles. The van der Waals surface area contributed by atoms with Gasteiger partial charge in [-0.25, -0.2) is 0 Å². The molecule has 1 atom stereocenters. The average molecular weight is 293 g/mol. The Morgan fingerprint density at radius 1 is 1.10 bits per heavy atom. The Morgan fingerprint density at radius 3 is 2.71 bits per heavy atom. The van der Waals surface area contributed by atoms with Gasteiger partial charge in [-0.15, -0.1) is 0 Å². The zero-order chi connectivity index (χ0) is 14.9. The SMILES string of the molecule is FC(F)(F)c1cccc(NCC2COc3ccccc32)c1. The van der Waals surface area contributed by atoms with Crippen LogP contribution in [0.3, 0.4) is 0 Å². The number of nitrogens with one attached hydrogen (secondary N) is 1. The fourth-order valence-electron chi connectivity index (χ4n) is 2.44. The summed E-state index contributed by atoms with van der Waals surface area (Å²) in [7, 11) is 0. The number of alkyl halides is 3. The van der Waals surface area contributed by atoms with Gasteiger partial charge in [0.15, 0.2) is 0 Å². The lowest BCUT2D eigenvalue weighted by molar-refractivity contribution is -0.137. The lowest BCUT2D eigenvalue weighted by Gasteiger charge is -2.13. The quantitative estimate of drug-likeness (QED) is 0.911. The molecule has 2 aromatic carbocycles. The van der Waals surface area contributed by atoms with Gasteiger partial charge in [-0.1, -0.05) is 24.3 Å². The second-order valence-corrected chi connectivity index (χ2v) is 5.01. The summed E-state index contributed by atoms with van der Waals surface area (Å²) < 4.78 is 43.5. The summed E-state index contributed by atoms with van der Waals surface area (Å²) in [5.74, 6) is 1.00. The molecule has 5 heteroatoms. The molecule has 1 heterocycles. The van der Waals surface area contributed by atoms with Crippen molar-refractivity contribution >= 4 is 5.69 Å². The van der Waals surface area contributed by atoms with Crippen molar-refractivity contribution in [2.45, 2.75) is 12.1 Å². The number of benzene rings is 2. The summed E-state index contributed by atoms with van der Waals surface area (Å²) in [6.45, 7) is 1.09. The first-order chi connectivity index (χ1) is 10.0. The second kappa shape index (κ2) is 5.31. The van der Waals surface area contributed by atoms with Gasteiger partial charge in [0.2, 0.25) is 0 Å². The van der Waals surface area contributed by atoms with Gasteiger partial charge >= 0.3 is 6.18 Å². The Bertz CT molecular complexity index is 639. The van der Waals surface area contributed by atoms with Crippen LogP contribution in [0.4, 0.5) is 18.9 Å². The van der Waals surface area contributed by atoms with Gasteiger partial charge in [-0.3, -0.25) is 0 Å². The van der Waals surface area contributed by atoms with Crippen molar-refractivity contribution in [3.8, 4) is 5.75 Å². The molecule has 0 aromatic heterocycles. The van der Waals surface area contributed by atoms with E-state index in [2.05, 4.69) is 5.32 Å². The second-order valence-electron chi connectivity index (χ2n) is 5.01. The first kappa shape index (κ1) is 13.8. The largest absolute Gasteiger partial charge is 0.493 e. The highest BCUT2D eigenvalue weighted by Crippen LogP contribution is 2.34. The molecule has 0 saturated heterocycles. The van der Waals surface area contributed by atoms with E-state index < -0.39 is 11.7 Å². The number of ether oxygens (including phenoxy) is 1. The smallest absolute Gasteiger partial charge is 0.416 e. The number of anilines is 1. The summed E-state index contributed by atoms with van der Waals surface area (Å²) in [6, 6.07) is 13.0. The van der Waals surface area contributed by atoms with Crippen molar-refractivity contribution in [1.29, 1.82) is 0 Å². The molecule has 2 aromatic rings. The van der Waals surface area contributed by atoms with Crippen LogP contribution in [-0.4, -0.2) is 13.2 Å². The van der Waals surface area contributed by atoms with Crippen molar-refractivity contribution in [2.75, 3.05) is 18.5 Å². The molecule has 0 spiro atoms. The van der Waals surface area contributed by atoms with Crippen molar-refractivity contribution in [2.24, 2.45) is 0 Å². The van der Waals surface area contributed by atoms with Gasteiger partial charge in [-0.05, 0) is 24.3 Å². The Morgan fingerprint density at radius 2 is 1.90 bits per heavy atom. The molecule has 0 aliphatic carbocycles. The Balaban J connectivity index is 1.69. The first-order valence-electron chi connectivity index (χ1n) is 6.67. The standard InChI is InChI=1S/C16H14F3NO/c17-16(18,19)12-4-3-5-13(8-12)20-9-11-10-21-15-7-2-1-6-14(11)15/h1-8,11,20H,9-10H2. The molecule has 1 unspecified atom stereocenters. The third-order valence-electron chi connectivity index (χ3n) is 3.54. The van der Waals surface area contributed by atoms with Crippen LogP contribution < -0.4 is 10.1 Å². The number of para-hydroxylation sites is 1. The van der Waals surface area contributed by atoms with Crippen LogP contribution in [0.5, 0.6) is 5.75 Å². The zero-order valence-electron chi connectivity index (χ0n) is 11.2. The van der Waals surface area contributed by atoms with Crippen LogP contribution in [0.2, 0.25) is 0 Å². The summed E-state index contributed by atoms with van der Waals surface area (Å²) in [6.07, 6.45) is -4.32. The van der Waals surface area contributed by atoms with Gasteiger partial charge in [-0.2, -0.15) is 13.2 Å². The summed E-state index contributed by atoms with van der Waals surface area (Å²) in [4.78, 5) is 0. The molecular weight excluding hydrogens is 279 g/mol. The minimum Gasteiger partial charge on any atom is -0.493 e. The highest BCUT2D eigenvalue weighted by Gasteiger charge is 2.30. The van der Waals surface area contributed by atoms with E-state index in [1.54, 1.807) is 6.07 Å². The maximum absolute atomic E-state index is 12.7. The Kier molecular flexibility index (Phi) is 3.49. The van der Waals surface area contributed by atoms with E-state index in [0.29, 0.717) is 18.8 Å². The van der Waals surface area contributed by atoms with Crippen molar-refractivity contribution < 1.29 is 17.9 Å². The lowest BCUT2D eigenvalue weighted by atomic mass is 10.0. The zero-order valence-corrected chi connectivity index (χ0v) is 11.2. The highest BCUT2D eigenvalue weighted by atomic mass is 19.4. The Labute approximate surface area is 120 Å². The van der Waals surface area contributed by atoms with Gasteiger partial charge in [0.25, 0.3) is 0 Å². The van der Waals surface area contributed by atoms with Crippen molar-refractivity contribution in [1.82, 2.24) is 0 Å². The molecule has 110 valence electrons. The molecule has 1 N–H and O–H groups in total. The maximum atomic E-state index is 12.7. The molecule has 0 fully saturated rings. The van der Waals surface area contributed by atoms with E-state index in [1.807, 2.05) is 24.3 Å². The number of rotatable bonds is 3. The molecular formula is C16H14F3NO. The Hall–Kier alpha value is -2.17. The van der Waals surface area contributed by atoms with E-state index in [-0.39, 0.29) is 5.92 Å². The summed E-state index contributed by atoms with van der Waals surface area (Å²) >= 11 is 0. The fourth-order valence-corrected chi connectivity index (χ4v) is 2.44. The van der Waals surface area contributed by atoms with E-state index in [0.717, 1.165) is 23.4 Å². The fraction of sp³-hybridized carbons (Fsp3) is 0.250. The maximum Gasteiger partial charge on any atom is 0.416 e. The molecule has 21 heavy (non-hydrogen) atoms. The highest BCUT2D eigenvalue weighted by molar-refractivity contribution is 5.48. The first-order valence-corrected chi connectivity index (χ1v) is 6.67. The van der Waals surface area contributed by atoms with Crippen LogP contribution >= 0.6 is 0 Å². The van der Waals surface area contributed by atoms with Crippen LogP contribution in [0.25, 0.3) is 0 Å². The third kappa shape index (κ3) is 2.96. The average Bonchev–Trinajstić information content (AvgIpc) is 2.88. The topological polar surface area (TPSA) is 21.3 Å². The monoisotopic (exact) mass is 293 g/mol. The number of hydrogen-bond acceptors (Lipinski definition) is 2. The van der Waals surface area contributed by atoms with Crippen LogP contribution in [0, 0.1) is 0 Å². The summed E-state index contributed by atoms with van der Waals surface area (Å²) in [5, 5.41) is 3.06. The number of fused-ring (bicyclic) bond motifs is 1. The van der Waals surface area contributed by atoms with Crippen molar-refractivity contribution in [3.05, 3.63) is 59.7 Å². The molecule has 2 nitrogen and oxygen atoms in total. The van der Waals surface area contributed by atoms with Crippen LogP contribution in [-0.2, 0) is 6.18 Å². The van der Waals surface area contributed by atoms with E-state index in [9.17, 15) is 13.2 Å². The van der Waals surface area contributed by atoms with E-state index in [4.69, 9.17) is 4.74 Å². The lowest BCUT2D eigenvalue weighted by Crippen LogP contribution is -2.14. The minimum atomic E-state index is -4.32. The minimum absolute atomic E-state index is 0.149. The third-order valence-corrected chi connectivity index (χ3v) is 3.54. The van der Waals surface area contributed by atoms with E-state index >= 15 is 0 Å². The van der Waals surface area contributed by atoms with Crippen molar-refractivity contribution in [3.63, 3.8) is 0 Å². The van der Waals surface area contributed by atoms with Gasteiger partial charge in [0, 0.05) is 23.7 Å². The van der Waals surface area contributed by atoms with Crippen LogP contribution in [0.1, 0.15) is 17.0 Å². The predicted octanol–water partition coefficient (Wildman–Crippen LogP) is 4.29. The summed E-state index contributed by atoms with van der Waals surface area (Å²) in [5.41, 5.74) is 0.918.